The van der Waals surface area contributed by atoms with Gasteiger partial charge in [-0.3, -0.25) is 0 Å². The number of anilines is 2. The van der Waals surface area contributed by atoms with Crippen molar-refractivity contribution in [1.29, 1.82) is 0 Å². The first-order valence-electron chi connectivity index (χ1n) is 13.8. The van der Waals surface area contributed by atoms with E-state index in [9.17, 15) is 12.8 Å². The van der Waals surface area contributed by atoms with Gasteiger partial charge in [0.15, 0.2) is 9.84 Å². The predicted octanol–water partition coefficient (Wildman–Crippen LogP) is 6.54. The minimum Gasteiger partial charge on any atom is -0.490 e. The van der Waals surface area contributed by atoms with Crippen molar-refractivity contribution in [3.05, 3.63) is 100 Å². The second-order valence-corrected chi connectivity index (χ2v) is 13.5. The lowest BCUT2D eigenvalue weighted by Crippen LogP contribution is -2.33. The minimum atomic E-state index is -3.08. The van der Waals surface area contributed by atoms with Crippen LogP contribution in [0.25, 0.3) is 10.9 Å². The number of hydrogen-bond acceptors (Lipinski definition) is 8. The van der Waals surface area contributed by atoms with E-state index in [0.29, 0.717) is 69.7 Å². The summed E-state index contributed by atoms with van der Waals surface area (Å²) in [6, 6.07) is 14.8. The number of nitrogens with zero attached hydrogens (tertiary/aromatic N) is 2. The number of benzene rings is 3. The molecule has 1 atom stereocenters. The summed E-state index contributed by atoms with van der Waals surface area (Å²) in [6.07, 6.45) is 5.68. The second-order valence-electron chi connectivity index (χ2n) is 10.2. The first kappa shape index (κ1) is 30.8. The van der Waals surface area contributed by atoms with Crippen LogP contribution in [0.2, 0.25) is 0 Å². The lowest BCUT2D eigenvalue weighted by atomic mass is 9.86. The maximum atomic E-state index is 15.5. The van der Waals surface area contributed by atoms with E-state index in [1.54, 1.807) is 37.5 Å². The molecule has 0 saturated carbocycles. The van der Waals surface area contributed by atoms with Crippen molar-refractivity contribution in [2.75, 3.05) is 29.9 Å². The van der Waals surface area contributed by atoms with E-state index >= 15 is 4.39 Å². The van der Waals surface area contributed by atoms with Crippen molar-refractivity contribution >= 4 is 48.2 Å². The van der Waals surface area contributed by atoms with Gasteiger partial charge in [0.05, 0.1) is 22.0 Å². The number of halogens is 3. The molecule has 0 saturated heterocycles. The average molecular weight is 674 g/mol. The topological polar surface area (TPSA) is 102 Å². The Kier molecular flexibility index (Phi) is 9.58. The Hall–Kier alpha value is -3.61. The normalized spacial score (nSPS) is 16.4. The third-order valence-electron chi connectivity index (χ3n) is 7.27. The molecule has 3 aromatic carbocycles. The highest BCUT2D eigenvalue weighted by atomic mass is 79.9. The zero-order valence-electron chi connectivity index (χ0n) is 23.4. The second kappa shape index (κ2) is 13.4. The maximum Gasteiger partial charge on any atom is 0.151 e. The number of aromatic nitrogens is 2. The van der Waals surface area contributed by atoms with Gasteiger partial charge >= 0.3 is 0 Å². The van der Waals surface area contributed by atoms with E-state index in [2.05, 4.69) is 36.5 Å². The molecule has 5 rings (SSSR count). The van der Waals surface area contributed by atoms with Crippen molar-refractivity contribution in [2.45, 2.75) is 32.0 Å². The van der Waals surface area contributed by atoms with Crippen LogP contribution >= 0.6 is 15.9 Å². The van der Waals surface area contributed by atoms with Crippen LogP contribution in [0.4, 0.5) is 20.3 Å². The van der Waals surface area contributed by atoms with Crippen molar-refractivity contribution in [2.24, 2.45) is 0 Å². The third-order valence-corrected chi connectivity index (χ3v) is 9.59. The Balaban J connectivity index is 1.34. The van der Waals surface area contributed by atoms with E-state index < -0.39 is 21.3 Å². The summed E-state index contributed by atoms with van der Waals surface area (Å²) in [5.41, 5.74) is 1.26. The van der Waals surface area contributed by atoms with Crippen molar-refractivity contribution in [3.8, 4) is 5.75 Å². The first-order valence-corrected chi connectivity index (χ1v) is 16.4. The zero-order chi connectivity index (χ0) is 30.5. The van der Waals surface area contributed by atoms with Crippen LogP contribution in [0.3, 0.4) is 0 Å². The van der Waals surface area contributed by atoms with Gasteiger partial charge in [-0.15, -0.1) is 0 Å². The van der Waals surface area contributed by atoms with E-state index in [1.165, 1.54) is 24.5 Å². The molecule has 43 heavy (non-hydrogen) atoms. The number of hydrogen-bond donors (Lipinski definition) is 2. The summed E-state index contributed by atoms with van der Waals surface area (Å²) < 4.78 is 65.2. The van der Waals surface area contributed by atoms with E-state index in [1.807, 2.05) is 18.2 Å². The van der Waals surface area contributed by atoms with Gasteiger partial charge in [0.1, 0.15) is 41.7 Å². The van der Waals surface area contributed by atoms with Gasteiger partial charge in [-0.2, -0.15) is 0 Å². The van der Waals surface area contributed by atoms with Gasteiger partial charge in [0.25, 0.3) is 0 Å². The predicted molar refractivity (Wildman–Crippen MR) is 166 cm³/mol. The highest BCUT2D eigenvalue weighted by Crippen LogP contribution is 2.41. The summed E-state index contributed by atoms with van der Waals surface area (Å²) in [7, 11) is -3.08. The van der Waals surface area contributed by atoms with Crippen LogP contribution in [-0.4, -0.2) is 43.0 Å². The molecule has 0 spiro atoms. The lowest BCUT2D eigenvalue weighted by molar-refractivity contribution is 0.0296. The lowest BCUT2D eigenvalue weighted by Gasteiger charge is -2.30. The van der Waals surface area contributed by atoms with Crippen LogP contribution in [0.15, 0.2) is 77.7 Å². The van der Waals surface area contributed by atoms with Crippen molar-refractivity contribution in [3.63, 3.8) is 0 Å². The van der Waals surface area contributed by atoms with Gasteiger partial charge < -0.3 is 20.1 Å². The molecule has 12 heteroatoms. The molecule has 0 aliphatic carbocycles. The molecule has 2 heterocycles. The summed E-state index contributed by atoms with van der Waals surface area (Å²) in [5, 5.41) is 7.05. The quantitative estimate of drug-likeness (QED) is 0.155. The monoisotopic (exact) mass is 672 g/mol. The molecule has 0 fully saturated rings. The molecule has 0 bridgehead atoms. The van der Waals surface area contributed by atoms with E-state index in [-0.39, 0.29) is 23.9 Å². The van der Waals surface area contributed by atoms with E-state index in [0.717, 1.165) is 0 Å². The fourth-order valence-electron chi connectivity index (χ4n) is 4.87. The molecule has 8 nitrogen and oxygen atoms in total. The van der Waals surface area contributed by atoms with Crippen molar-refractivity contribution < 1.29 is 26.7 Å². The largest absolute Gasteiger partial charge is 0.490 e. The highest BCUT2D eigenvalue weighted by molar-refractivity contribution is 9.10. The number of fused-ring (bicyclic) bond motifs is 1. The molecule has 4 aromatic rings. The number of sulfone groups is 1. The zero-order valence-corrected chi connectivity index (χ0v) is 25.9. The highest BCUT2D eigenvalue weighted by Gasteiger charge is 2.38. The molecular formula is C31H31BrF2N4O4S. The average Bonchev–Trinajstić information content (AvgIpc) is 3.46. The van der Waals surface area contributed by atoms with Gasteiger partial charge in [-0.25, -0.2) is 27.2 Å². The first-order chi connectivity index (χ1) is 20.7. The fourth-order valence-corrected chi connectivity index (χ4v) is 6.11. The summed E-state index contributed by atoms with van der Waals surface area (Å²) >= 11 is 3.54. The Bertz CT molecular complexity index is 1750. The number of rotatable bonds is 13. The molecular weight excluding hydrogens is 642 g/mol. The van der Waals surface area contributed by atoms with Gasteiger partial charge in [-0.05, 0) is 70.5 Å². The van der Waals surface area contributed by atoms with E-state index in [4.69, 9.17) is 9.47 Å². The SMILES string of the molecule is CCS(=O)(=O)CCNCCC1(c2cc3c(Nc4ccc(OCc5cccc(F)c5)c(Br)c4)ncnc3cc2F)CC=CO1. The van der Waals surface area contributed by atoms with Crippen LogP contribution < -0.4 is 15.4 Å². The Morgan fingerprint density at radius 1 is 1.09 bits per heavy atom. The smallest absolute Gasteiger partial charge is 0.151 e. The van der Waals surface area contributed by atoms with Gasteiger partial charge in [0.2, 0.25) is 0 Å². The number of ether oxygens (including phenoxy) is 2. The van der Waals surface area contributed by atoms with Gasteiger partial charge in [-0.1, -0.05) is 19.1 Å². The summed E-state index contributed by atoms with van der Waals surface area (Å²) in [4.78, 5) is 8.69. The maximum absolute atomic E-state index is 15.5. The molecule has 1 aliphatic heterocycles. The molecule has 0 radical (unpaired) electrons. The Morgan fingerprint density at radius 2 is 1.95 bits per heavy atom. The minimum absolute atomic E-state index is 0.0442. The van der Waals surface area contributed by atoms with Crippen LogP contribution in [0.5, 0.6) is 5.75 Å². The molecule has 0 amide bonds. The van der Waals surface area contributed by atoms with Crippen molar-refractivity contribution in [1.82, 2.24) is 15.3 Å². The Morgan fingerprint density at radius 3 is 2.70 bits per heavy atom. The molecule has 1 unspecified atom stereocenters. The number of nitrogens with one attached hydrogen (secondary N) is 2. The standard InChI is InChI=1S/C31H31BrF2N4O4S/c1-2-43(39,40)14-12-35-11-10-31(9-4-13-42-31)25-17-24-28(18-27(25)34)36-20-37-30(24)38-23-7-8-29(26(32)16-23)41-19-21-5-3-6-22(33)15-21/h3-8,13,15-18,20,35H,2,9-12,14,19H2,1H3,(H,36,37,38). The van der Waals surface area contributed by atoms with Crippen LogP contribution in [0, 0.1) is 11.6 Å². The third kappa shape index (κ3) is 7.49. The molecule has 226 valence electrons. The molecule has 2 N–H and O–H groups in total. The fraction of sp³-hybridized carbons (Fsp3) is 0.290. The van der Waals surface area contributed by atoms with Crippen LogP contribution in [0.1, 0.15) is 30.9 Å². The van der Waals surface area contributed by atoms with Crippen LogP contribution in [-0.2, 0) is 26.8 Å². The Labute approximate surface area is 257 Å². The summed E-state index contributed by atoms with van der Waals surface area (Å²) in [6.45, 7) is 2.58. The molecule has 1 aliphatic rings. The summed E-state index contributed by atoms with van der Waals surface area (Å²) in [5.74, 6) is 0.437. The molecule has 1 aromatic heterocycles. The van der Waals surface area contributed by atoms with Gasteiger partial charge in [0, 0.05) is 47.8 Å².